The van der Waals surface area contributed by atoms with Gasteiger partial charge in [-0.05, 0) is 38.2 Å². The third kappa shape index (κ3) is 4.28. The van der Waals surface area contributed by atoms with Gasteiger partial charge in [0.2, 0.25) is 0 Å². The van der Waals surface area contributed by atoms with E-state index in [9.17, 15) is 4.79 Å². The molecule has 0 bridgehead atoms. The minimum Gasteiger partial charge on any atom is -0.395 e. The van der Waals surface area contributed by atoms with E-state index < -0.39 is 0 Å². The highest BCUT2D eigenvalue weighted by molar-refractivity contribution is 5.75. The second kappa shape index (κ2) is 7.99. The summed E-state index contributed by atoms with van der Waals surface area (Å²) in [6, 6.07) is 11.6. The van der Waals surface area contributed by atoms with Crippen LogP contribution >= 0.6 is 0 Å². The minimum absolute atomic E-state index is 0.00103. The average Bonchev–Trinajstić information content (AvgIpc) is 3.45. The number of benzene rings is 1. The molecule has 1 aliphatic carbocycles. The molecule has 132 valence electrons. The van der Waals surface area contributed by atoms with Gasteiger partial charge in [0.25, 0.3) is 0 Å². The van der Waals surface area contributed by atoms with Crippen LogP contribution in [0.15, 0.2) is 30.3 Å². The Hall–Kier alpha value is -1.59. The molecule has 24 heavy (non-hydrogen) atoms. The van der Waals surface area contributed by atoms with Gasteiger partial charge in [-0.1, -0.05) is 30.3 Å². The van der Waals surface area contributed by atoms with Crippen LogP contribution in [0.5, 0.6) is 0 Å². The smallest absolute Gasteiger partial charge is 0.317 e. The summed E-state index contributed by atoms with van der Waals surface area (Å²) in [5.74, 6) is 0. The molecule has 5 heteroatoms. The van der Waals surface area contributed by atoms with Crippen LogP contribution in [0.1, 0.15) is 44.2 Å². The molecule has 1 aliphatic heterocycles. The summed E-state index contributed by atoms with van der Waals surface area (Å²) in [7, 11) is 0. The molecule has 2 fully saturated rings. The van der Waals surface area contributed by atoms with E-state index in [1.54, 1.807) is 4.90 Å². The molecule has 1 saturated carbocycles. The molecule has 2 aliphatic rings. The van der Waals surface area contributed by atoms with Gasteiger partial charge in [-0.2, -0.15) is 0 Å². The number of carbonyl (C=O) groups excluding carboxylic acids is 1. The minimum atomic E-state index is 0.00103. The molecule has 1 aromatic rings. The van der Waals surface area contributed by atoms with Crippen LogP contribution in [0.4, 0.5) is 4.79 Å². The van der Waals surface area contributed by atoms with Crippen molar-refractivity contribution in [2.45, 2.75) is 50.7 Å². The maximum Gasteiger partial charge on any atom is 0.317 e. The van der Waals surface area contributed by atoms with E-state index in [4.69, 9.17) is 5.11 Å². The van der Waals surface area contributed by atoms with Crippen molar-refractivity contribution in [2.75, 3.05) is 26.2 Å². The molecule has 2 N–H and O–H groups in total. The number of hydrogen-bond acceptors (Lipinski definition) is 3. The average molecular weight is 331 g/mol. The monoisotopic (exact) mass is 331 g/mol. The van der Waals surface area contributed by atoms with Crippen molar-refractivity contribution < 1.29 is 9.90 Å². The van der Waals surface area contributed by atoms with Crippen LogP contribution in [0.2, 0.25) is 0 Å². The van der Waals surface area contributed by atoms with Gasteiger partial charge in [-0.3, -0.25) is 4.90 Å². The molecule has 0 radical (unpaired) electrons. The molecule has 1 unspecified atom stereocenters. The fourth-order valence-corrected chi connectivity index (χ4v) is 3.57. The fraction of sp³-hybridized carbons (Fsp3) is 0.632. The lowest BCUT2D eigenvalue weighted by atomic mass is 10.0. The molecule has 0 aromatic heterocycles. The maximum atomic E-state index is 12.4. The first-order valence-corrected chi connectivity index (χ1v) is 9.16. The van der Waals surface area contributed by atoms with Crippen molar-refractivity contribution in [3.05, 3.63) is 35.9 Å². The Morgan fingerprint density at radius 1 is 1.25 bits per heavy atom. The van der Waals surface area contributed by atoms with Gasteiger partial charge in [0.1, 0.15) is 0 Å². The van der Waals surface area contributed by atoms with Crippen molar-refractivity contribution in [1.29, 1.82) is 0 Å². The van der Waals surface area contributed by atoms with Crippen molar-refractivity contribution in [3.8, 4) is 0 Å². The molecule has 1 aromatic carbocycles. The summed E-state index contributed by atoms with van der Waals surface area (Å²) >= 11 is 0. The normalized spacial score (nSPS) is 20.6. The van der Waals surface area contributed by atoms with Gasteiger partial charge >= 0.3 is 6.03 Å². The van der Waals surface area contributed by atoms with Gasteiger partial charge in [0, 0.05) is 37.8 Å². The number of rotatable bonds is 6. The number of amides is 2. The van der Waals surface area contributed by atoms with E-state index in [1.165, 1.54) is 5.56 Å². The Labute approximate surface area is 144 Å². The van der Waals surface area contributed by atoms with E-state index in [-0.39, 0.29) is 18.7 Å². The largest absolute Gasteiger partial charge is 0.395 e. The number of nitrogens with zero attached hydrogens (tertiary/aromatic N) is 2. The van der Waals surface area contributed by atoms with E-state index in [0.29, 0.717) is 18.6 Å². The van der Waals surface area contributed by atoms with Crippen LogP contribution in [-0.2, 0) is 0 Å². The van der Waals surface area contributed by atoms with Gasteiger partial charge in [0.05, 0.1) is 6.61 Å². The van der Waals surface area contributed by atoms with Gasteiger partial charge in [0.15, 0.2) is 0 Å². The molecule has 5 nitrogen and oxygen atoms in total. The summed E-state index contributed by atoms with van der Waals surface area (Å²) in [6.07, 6.45) is 4.11. The molecule has 2 amide bonds. The molecule has 0 spiro atoms. The van der Waals surface area contributed by atoms with Crippen molar-refractivity contribution in [1.82, 2.24) is 15.1 Å². The van der Waals surface area contributed by atoms with E-state index in [1.807, 2.05) is 0 Å². The standard InChI is InChI=1S/C19H29N3O2/c1-15(16-5-3-2-4-6-16)21-11-9-17(10-12-21)20-19(24)22(13-14-23)18-7-8-18/h2-6,15,17-18,23H,7-14H2,1H3,(H,20,24). The van der Waals surface area contributed by atoms with Crippen LogP contribution in [0, 0.1) is 0 Å². The van der Waals surface area contributed by atoms with E-state index >= 15 is 0 Å². The molecular formula is C19H29N3O2. The highest BCUT2D eigenvalue weighted by atomic mass is 16.3. The number of aliphatic hydroxyl groups excluding tert-OH is 1. The van der Waals surface area contributed by atoms with Crippen LogP contribution in [0.3, 0.4) is 0 Å². The van der Waals surface area contributed by atoms with Crippen LogP contribution < -0.4 is 5.32 Å². The Kier molecular flexibility index (Phi) is 5.74. The summed E-state index contributed by atoms with van der Waals surface area (Å²) in [6.45, 7) is 4.75. The van der Waals surface area contributed by atoms with E-state index in [2.05, 4.69) is 47.5 Å². The molecule has 3 rings (SSSR count). The molecular weight excluding hydrogens is 302 g/mol. The first-order valence-electron chi connectivity index (χ1n) is 9.16. The quantitative estimate of drug-likeness (QED) is 0.841. The second-order valence-corrected chi connectivity index (χ2v) is 6.99. The van der Waals surface area contributed by atoms with Gasteiger partial charge in [-0.15, -0.1) is 0 Å². The topological polar surface area (TPSA) is 55.8 Å². The third-order valence-corrected chi connectivity index (χ3v) is 5.28. The highest BCUT2D eigenvalue weighted by Gasteiger charge is 2.33. The maximum absolute atomic E-state index is 12.4. The second-order valence-electron chi connectivity index (χ2n) is 6.99. The predicted octanol–water partition coefficient (Wildman–Crippen LogP) is 2.38. The van der Waals surface area contributed by atoms with Gasteiger partial charge < -0.3 is 15.3 Å². The number of urea groups is 1. The highest BCUT2D eigenvalue weighted by Crippen LogP contribution is 2.27. The zero-order chi connectivity index (χ0) is 16.9. The van der Waals surface area contributed by atoms with Crippen LogP contribution in [0.25, 0.3) is 0 Å². The summed E-state index contributed by atoms with van der Waals surface area (Å²) in [5.41, 5.74) is 1.35. The zero-order valence-electron chi connectivity index (χ0n) is 14.5. The first kappa shape index (κ1) is 17.2. The van der Waals surface area contributed by atoms with Crippen molar-refractivity contribution in [3.63, 3.8) is 0 Å². The Balaban J connectivity index is 1.47. The molecule has 1 atom stereocenters. The van der Waals surface area contributed by atoms with Crippen molar-refractivity contribution >= 4 is 6.03 Å². The number of nitrogens with one attached hydrogen (secondary N) is 1. The Bertz CT molecular complexity index is 525. The van der Waals surface area contributed by atoms with Crippen LogP contribution in [-0.4, -0.2) is 59.3 Å². The number of aliphatic hydroxyl groups is 1. The summed E-state index contributed by atoms with van der Waals surface area (Å²) in [5, 5.41) is 12.3. The lowest BCUT2D eigenvalue weighted by Crippen LogP contribution is -2.50. The Morgan fingerprint density at radius 2 is 1.92 bits per heavy atom. The summed E-state index contributed by atoms with van der Waals surface area (Å²) in [4.78, 5) is 16.7. The molecule has 1 saturated heterocycles. The first-order chi connectivity index (χ1) is 11.7. The fourth-order valence-electron chi connectivity index (χ4n) is 3.57. The number of hydrogen-bond donors (Lipinski definition) is 2. The van der Waals surface area contributed by atoms with Crippen molar-refractivity contribution in [2.24, 2.45) is 0 Å². The Morgan fingerprint density at radius 3 is 2.50 bits per heavy atom. The summed E-state index contributed by atoms with van der Waals surface area (Å²) < 4.78 is 0. The van der Waals surface area contributed by atoms with E-state index in [0.717, 1.165) is 38.8 Å². The number of carbonyl (C=O) groups is 1. The SMILES string of the molecule is CC(c1ccccc1)N1CCC(NC(=O)N(CCO)C2CC2)CC1. The number of piperidine rings is 1. The lowest BCUT2D eigenvalue weighted by molar-refractivity contribution is 0.140. The third-order valence-electron chi connectivity index (χ3n) is 5.28. The lowest BCUT2D eigenvalue weighted by Gasteiger charge is -2.37. The zero-order valence-corrected chi connectivity index (χ0v) is 14.5. The van der Waals surface area contributed by atoms with Gasteiger partial charge in [-0.25, -0.2) is 4.79 Å². The number of likely N-dealkylation sites (tertiary alicyclic amines) is 1. The predicted molar refractivity (Wildman–Crippen MR) is 94.8 cm³/mol. The molecule has 1 heterocycles.